The summed E-state index contributed by atoms with van der Waals surface area (Å²) in [6.07, 6.45) is 3.10. The van der Waals surface area contributed by atoms with Crippen LogP contribution in [0.3, 0.4) is 0 Å². The molecule has 1 aliphatic rings. The largest absolute Gasteiger partial charge is 0.392 e. The van der Waals surface area contributed by atoms with Crippen molar-refractivity contribution in [1.29, 1.82) is 0 Å². The van der Waals surface area contributed by atoms with Gasteiger partial charge >= 0.3 is 5.69 Å². The number of aliphatic hydroxyl groups excluding tert-OH is 1. The molecule has 2 N–H and O–H groups in total. The van der Waals surface area contributed by atoms with E-state index in [-0.39, 0.29) is 29.9 Å². The molecule has 1 fully saturated rings. The molecule has 1 aliphatic heterocycles. The Kier molecular flexibility index (Phi) is 8.81. The van der Waals surface area contributed by atoms with Crippen LogP contribution in [0, 0.1) is 5.82 Å². The van der Waals surface area contributed by atoms with Gasteiger partial charge in [-0.2, -0.15) is 0 Å². The van der Waals surface area contributed by atoms with E-state index >= 15 is 0 Å². The molecule has 4 aromatic rings. The van der Waals surface area contributed by atoms with Crippen LogP contribution in [0.5, 0.6) is 0 Å². The van der Waals surface area contributed by atoms with Crippen LogP contribution in [0.25, 0.3) is 11.0 Å². The normalized spacial score (nSPS) is 14.4. The molecule has 3 aromatic carbocycles. The summed E-state index contributed by atoms with van der Waals surface area (Å²) in [7, 11) is 0. The van der Waals surface area contributed by atoms with Gasteiger partial charge in [-0.3, -0.25) is 9.36 Å². The van der Waals surface area contributed by atoms with Gasteiger partial charge in [0, 0.05) is 31.1 Å². The van der Waals surface area contributed by atoms with Crippen molar-refractivity contribution in [3.05, 3.63) is 106 Å². The maximum absolute atomic E-state index is 12.9. The summed E-state index contributed by atoms with van der Waals surface area (Å²) < 4.78 is 14.8. The number of H-pyrrole nitrogens is 1. The Morgan fingerprint density at radius 2 is 1.61 bits per heavy atom. The van der Waals surface area contributed by atoms with Gasteiger partial charge in [0.15, 0.2) is 5.78 Å². The second kappa shape index (κ2) is 12.4. The summed E-state index contributed by atoms with van der Waals surface area (Å²) in [6, 6.07) is 23.3. The lowest BCUT2D eigenvalue weighted by Crippen LogP contribution is -2.37. The Bertz CT molecular complexity index is 1310. The van der Waals surface area contributed by atoms with E-state index in [0.717, 1.165) is 55.5 Å². The minimum Gasteiger partial charge on any atom is -0.392 e. The molecule has 0 unspecified atom stereocenters. The number of carbonyl (C=O) groups excluding carboxylic acids is 1. The number of fused-ring (bicyclic) bond motifs is 1. The number of aromatic nitrogens is 2. The van der Waals surface area contributed by atoms with Crippen molar-refractivity contribution in [1.82, 2.24) is 14.5 Å². The number of rotatable bonds is 7. The number of Topliss-reactive ketones (excluding diaryl/α,β-unsaturated/α-hetero) is 1. The van der Waals surface area contributed by atoms with Gasteiger partial charge in [-0.25, -0.2) is 9.18 Å². The number of imidazole rings is 1. The highest BCUT2D eigenvalue weighted by atomic mass is 19.1. The van der Waals surface area contributed by atoms with Gasteiger partial charge in [0.2, 0.25) is 0 Å². The Morgan fingerprint density at radius 3 is 2.28 bits per heavy atom. The van der Waals surface area contributed by atoms with E-state index in [1.807, 2.05) is 59.2 Å². The van der Waals surface area contributed by atoms with Crippen molar-refractivity contribution < 1.29 is 14.3 Å². The number of ketones is 1. The van der Waals surface area contributed by atoms with Crippen molar-refractivity contribution in [2.24, 2.45) is 0 Å². The fourth-order valence-corrected chi connectivity index (χ4v) is 4.66. The second-order valence-electron chi connectivity index (χ2n) is 9.07. The first-order valence-electron chi connectivity index (χ1n) is 12.4. The lowest BCUT2D eigenvalue weighted by molar-refractivity contribution is 0.0970. The number of nitrogens with zero attached hydrogens (tertiary/aromatic N) is 2. The first kappa shape index (κ1) is 25.5. The van der Waals surface area contributed by atoms with Crippen LogP contribution in [0.1, 0.15) is 47.6 Å². The quantitative estimate of drug-likeness (QED) is 0.360. The molecule has 36 heavy (non-hydrogen) atoms. The van der Waals surface area contributed by atoms with Crippen molar-refractivity contribution in [2.75, 3.05) is 19.6 Å². The molecule has 1 aromatic heterocycles. The average Bonchev–Trinajstić information content (AvgIpc) is 3.26. The van der Waals surface area contributed by atoms with Gasteiger partial charge < -0.3 is 15.0 Å². The number of hydrogen-bond acceptors (Lipinski definition) is 4. The fourth-order valence-electron chi connectivity index (χ4n) is 4.66. The van der Waals surface area contributed by atoms with Gasteiger partial charge in [0.25, 0.3) is 0 Å². The predicted octanol–water partition coefficient (Wildman–Crippen LogP) is 4.95. The lowest BCUT2D eigenvalue weighted by Gasteiger charge is -2.32. The monoisotopic (exact) mass is 489 g/mol. The average molecular weight is 490 g/mol. The Morgan fingerprint density at radius 1 is 0.944 bits per heavy atom. The van der Waals surface area contributed by atoms with Gasteiger partial charge in [-0.15, -0.1) is 0 Å². The molecule has 7 heteroatoms. The van der Waals surface area contributed by atoms with Crippen molar-refractivity contribution >= 4 is 16.8 Å². The molecule has 2 heterocycles. The number of hydrogen-bond donors (Lipinski definition) is 2. The molecule has 5 rings (SSSR count). The number of halogens is 1. The molecular weight excluding hydrogens is 457 g/mol. The zero-order valence-electron chi connectivity index (χ0n) is 20.3. The van der Waals surface area contributed by atoms with Gasteiger partial charge in [0.1, 0.15) is 5.82 Å². The number of nitrogens with one attached hydrogen (secondary N) is 1. The number of carbonyl (C=O) groups is 1. The van der Waals surface area contributed by atoms with E-state index in [9.17, 15) is 14.0 Å². The third kappa shape index (κ3) is 6.56. The number of likely N-dealkylation sites (tertiary alicyclic amines) is 1. The van der Waals surface area contributed by atoms with E-state index < -0.39 is 0 Å². The van der Waals surface area contributed by atoms with Crippen LogP contribution in [0.4, 0.5) is 4.39 Å². The maximum atomic E-state index is 12.9. The highest BCUT2D eigenvalue weighted by Crippen LogP contribution is 2.25. The molecule has 0 bridgehead atoms. The third-order valence-electron chi connectivity index (χ3n) is 6.62. The summed E-state index contributed by atoms with van der Waals surface area (Å²) in [5.74, 6) is -0.269. The van der Waals surface area contributed by atoms with E-state index in [4.69, 9.17) is 5.11 Å². The summed E-state index contributed by atoms with van der Waals surface area (Å²) in [5.41, 5.74) is 3.35. The molecule has 0 atom stereocenters. The zero-order chi connectivity index (χ0) is 25.3. The Hall–Kier alpha value is -3.55. The lowest BCUT2D eigenvalue weighted by atomic mass is 10.0. The molecule has 0 saturated carbocycles. The minimum absolute atomic E-state index is 0.0375. The van der Waals surface area contributed by atoms with E-state index in [1.165, 1.54) is 12.1 Å². The van der Waals surface area contributed by atoms with Crippen LogP contribution in [-0.2, 0) is 6.61 Å². The molecule has 0 aliphatic carbocycles. The third-order valence-corrected chi connectivity index (χ3v) is 6.62. The SMILES string of the molecule is O=C(CCCN1CCC(n2c(=O)[nH]c3ccccc32)CC1)c1ccc(F)cc1.OCc1ccccc1. The zero-order valence-corrected chi connectivity index (χ0v) is 20.3. The van der Waals surface area contributed by atoms with Crippen LogP contribution in [-0.4, -0.2) is 45.0 Å². The number of piperidine rings is 1. The number of aromatic amines is 1. The number of benzene rings is 3. The van der Waals surface area contributed by atoms with E-state index in [1.54, 1.807) is 12.1 Å². The summed E-state index contributed by atoms with van der Waals surface area (Å²) in [4.78, 5) is 29.8. The highest BCUT2D eigenvalue weighted by molar-refractivity contribution is 5.95. The topological polar surface area (TPSA) is 78.3 Å². The predicted molar refractivity (Wildman–Crippen MR) is 140 cm³/mol. The molecule has 1 saturated heterocycles. The molecular formula is C29H32FN3O3. The molecule has 0 radical (unpaired) electrons. The Labute approximate surface area is 210 Å². The molecule has 0 spiro atoms. The van der Waals surface area contributed by atoms with E-state index in [2.05, 4.69) is 9.88 Å². The summed E-state index contributed by atoms with van der Waals surface area (Å²) >= 11 is 0. The molecule has 188 valence electrons. The molecule has 0 amide bonds. The van der Waals surface area contributed by atoms with Gasteiger partial charge in [-0.1, -0.05) is 42.5 Å². The second-order valence-corrected chi connectivity index (χ2v) is 9.07. The van der Waals surface area contributed by atoms with Crippen LogP contribution in [0.2, 0.25) is 0 Å². The fraction of sp³-hybridized carbons (Fsp3) is 0.310. The van der Waals surface area contributed by atoms with Crippen LogP contribution in [0.15, 0.2) is 83.7 Å². The summed E-state index contributed by atoms with van der Waals surface area (Å²) in [5, 5.41) is 8.54. The van der Waals surface area contributed by atoms with Gasteiger partial charge in [0.05, 0.1) is 17.6 Å². The van der Waals surface area contributed by atoms with Crippen molar-refractivity contribution in [2.45, 2.75) is 38.3 Å². The summed E-state index contributed by atoms with van der Waals surface area (Å²) in [6.45, 7) is 2.84. The van der Waals surface area contributed by atoms with Crippen molar-refractivity contribution in [3.8, 4) is 0 Å². The first-order valence-corrected chi connectivity index (χ1v) is 12.4. The van der Waals surface area contributed by atoms with Crippen LogP contribution >= 0.6 is 0 Å². The highest BCUT2D eigenvalue weighted by Gasteiger charge is 2.23. The molecule has 6 nitrogen and oxygen atoms in total. The minimum atomic E-state index is -0.325. The number of aliphatic hydroxyl groups is 1. The first-order chi connectivity index (χ1) is 17.5. The number of para-hydroxylation sites is 2. The maximum Gasteiger partial charge on any atom is 0.326 e. The van der Waals surface area contributed by atoms with Gasteiger partial charge in [-0.05, 0) is 67.8 Å². The Balaban J connectivity index is 0.000000325. The van der Waals surface area contributed by atoms with Crippen molar-refractivity contribution in [3.63, 3.8) is 0 Å². The standard InChI is InChI=1S/C22H24FN3O2.C7H8O/c23-17-9-7-16(8-10-17)21(27)6-3-13-25-14-11-18(12-15-25)26-20-5-2-1-4-19(20)24-22(26)28;8-6-7-4-2-1-3-5-7/h1-2,4-5,7-10,18H,3,6,11-15H2,(H,24,28);1-5,8H,6H2. The van der Waals surface area contributed by atoms with E-state index in [0.29, 0.717) is 12.0 Å². The van der Waals surface area contributed by atoms with Crippen LogP contribution < -0.4 is 5.69 Å². The smallest absolute Gasteiger partial charge is 0.326 e.